The molecular formula is C24H21FN6O3S. The van der Waals surface area contributed by atoms with Crippen molar-refractivity contribution >= 4 is 35.0 Å². The van der Waals surface area contributed by atoms with Crippen molar-refractivity contribution in [3.05, 3.63) is 84.2 Å². The van der Waals surface area contributed by atoms with Crippen LogP contribution in [-0.2, 0) is 4.79 Å². The molecule has 0 saturated heterocycles. The molecule has 0 unspecified atom stereocenters. The average molecular weight is 493 g/mol. The van der Waals surface area contributed by atoms with Crippen molar-refractivity contribution in [1.29, 1.82) is 0 Å². The summed E-state index contributed by atoms with van der Waals surface area (Å²) < 4.78 is 20.2. The maximum absolute atomic E-state index is 14.0. The Morgan fingerprint density at radius 3 is 2.31 bits per heavy atom. The highest BCUT2D eigenvalue weighted by Gasteiger charge is 2.16. The maximum atomic E-state index is 14.0. The Labute approximate surface area is 204 Å². The summed E-state index contributed by atoms with van der Waals surface area (Å²) in [6, 6.07) is 19.5. The number of hydrogen-bond acceptors (Lipinski definition) is 7. The minimum Gasteiger partial charge on any atom is -0.497 e. The number of aromatic nitrogens is 3. The highest BCUT2D eigenvalue weighted by Crippen LogP contribution is 2.24. The smallest absolute Gasteiger partial charge is 0.255 e. The quantitative estimate of drug-likeness (QED) is 0.252. The van der Waals surface area contributed by atoms with Crippen LogP contribution < -0.4 is 21.2 Å². The Morgan fingerprint density at radius 2 is 1.63 bits per heavy atom. The van der Waals surface area contributed by atoms with Crippen molar-refractivity contribution in [1.82, 2.24) is 14.9 Å². The molecule has 1 heterocycles. The number of nitrogens with two attached hydrogens (primary N) is 1. The summed E-state index contributed by atoms with van der Waals surface area (Å²) in [6.45, 7) is 0. The number of amides is 2. The van der Waals surface area contributed by atoms with E-state index in [-0.39, 0.29) is 34.1 Å². The van der Waals surface area contributed by atoms with Crippen LogP contribution in [-0.4, -0.2) is 39.6 Å². The lowest BCUT2D eigenvalue weighted by molar-refractivity contribution is -0.113. The Morgan fingerprint density at radius 1 is 0.971 bits per heavy atom. The number of anilines is 2. The first-order chi connectivity index (χ1) is 16.9. The SMILES string of the molecule is COc1ccc(NC(=O)c2ccc(NC(=O)CSc3nnc(-c4ccccc4F)n3N)cc2)cc1. The number of methoxy groups -OCH3 is 1. The second-order valence-electron chi connectivity index (χ2n) is 7.25. The van der Waals surface area contributed by atoms with Crippen LogP contribution in [0.25, 0.3) is 11.4 Å². The van der Waals surface area contributed by atoms with E-state index in [0.29, 0.717) is 22.7 Å². The molecule has 0 bridgehead atoms. The highest BCUT2D eigenvalue weighted by molar-refractivity contribution is 7.99. The molecule has 3 aromatic carbocycles. The van der Waals surface area contributed by atoms with Gasteiger partial charge in [-0.15, -0.1) is 10.2 Å². The first-order valence-corrected chi connectivity index (χ1v) is 11.4. The zero-order chi connectivity index (χ0) is 24.8. The van der Waals surface area contributed by atoms with Crippen LogP contribution in [0.4, 0.5) is 15.8 Å². The van der Waals surface area contributed by atoms with Crippen LogP contribution in [0, 0.1) is 5.82 Å². The summed E-state index contributed by atoms with van der Waals surface area (Å²) >= 11 is 1.06. The summed E-state index contributed by atoms with van der Waals surface area (Å²) in [6.07, 6.45) is 0. The van der Waals surface area contributed by atoms with Gasteiger partial charge in [0.2, 0.25) is 11.1 Å². The molecule has 4 rings (SSSR count). The zero-order valence-corrected chi connectivity index (χ0v) is 19.4. The molecule has 4 aromatic rings. The summed E-state index contributed by atoms with van der Waals surface area (Å²) in [5.41, 5.74) is 1.81. The molecule has 11 heteroatoms. The van der Waals surface area contributed by atoms with Crippen LogP contribution in [0.15, 0.2) is 78.0 Å². The van der Waals surface area contributed by atoms with Crippen LogP contribution in [0.1, 0.15) is 10.4 Å². The van der Waals surface area contributed by atoms with Crippen molar-refractivity contribution in [3.63, 3.8) is 0 Å². The van der Waals surface area contributed by atoms with Crippen LogP contribution in [0.3, 0.4) is 0 Å². The van der Waals surface area contributed by atoms with E-state index in [4.69, 9.17) is 10.6 Å². The van der Waals surface area contributed by atoms with Gasteiger partial charge in [-0.1, -0.05) is 23.9 Å². The molecule has 0 fully saturated rings. The number of carbonyl (C=O) groups excluding carboxylic acids is 2. The fraction of sp³-hybridized carbons (Fsp3) is 0.0833. The fourth-order valence-corrected chi connectivity index (χ4v) is 3.77. The van der Waals surface area contributed by atoms with E-state index < -0.39 is 5.82 Å². The molecule has 0 aliphatic rings. The lowest BCUT2D eigenvalue weighted by Gasteiger charge is -2.08. The van der Waals surface area contributed by atoms with Gasteiger partial charge in [0.25, 0.3) is 5.91 Å². The summed E-state index contributed by atoms with van der Waals surface area (Å²) in [7, 11) is 1.57. The summed E-state index contributed by atoms with van der Waals surface area (Å²) in [5, 5.41) is 13.7. The van der Waals surface area contributed by atoms with Gasteiger partial charge in [0, 0.05) is 16.9 Å². The Balaban J connectivity index is 1.31. The Hall–Kier alpha value is -4.38. The molecule has 0 atom stereocenters. The molecule has 9 nitrogen and oxygen atoms in total. The number of halogens is 1. The van der Waals surface area contributed by atoms with Crippen molar-refractivity contribution in [3.8, 4) is 17.1 Å². The van der Waals surface area contributed by atoms with Gasteiger partial charge in [0.1, 0.15) is 11.6 Å². The van der Waals surface area contributed by atoms with Gasteiger partial charge in [-0.05, 0) is 60.7 Å². The van der Waals surface area contributed by atoms with Crippen molar-refractivity contribution in [2.75, 3.05) is 29.3 Å². The van der Waals surface area contributed by atoms with Gasteiger partial charge in [0.05, 0.1) is 18.4 Å². The van der Waals surface area contributed by atoms with E-state index in [1.807, 2.05) is 0 Å². The molecule has 0 saturated carbocycles. The molecule has 0 radical (unpaired) electrons. The number of ether oxygens (including phenoxy) is 1. The molecule has 1 aromatic heterocycles. The minimum atomic E-state index is -0.470. The van der Waals surface area contributed by atoms with Gasteiger partial charge in [-0.25, -0.2) is 9.07 Å². The molecule has 0 spiro atoms. The lowest BCUT2D eigenvalue weighted by Crippen LogP contribution is -2.17. The zero-order valence-electron chi connectivity index (χ0n) is 18.6. The number of nitrogens with zero attached hydrogens (tertiary/aromatic N) is 3. The van der Waals surface area contributed by atoms with Crippen LogP contribution in [0.2, 0.25) is 0 Å². The van der Waals surface area contributed by atoms with E-state index in [1.54, 1.807) is 73.8 Å². The van der Waals surface area contributed by atoms with Crippen molar-refractivity contribution in [2.45, 2.75) is 5.16 Å². The normalized spacial score (nSPS) is 10.6. The number of nitrogen functional groups attached to an aromatic ring is 1. The van der Waals surface area contributed by atoms with E-state index in [0.717, 1.165) is 16.4 Å². The van der Waals surface area contributed by atoms with Gasteiger partial charge in [0.15, 0.2) is 5.82 Å². The number of hydrogen-bond donors (Lipinski definition) is 3. The molecular weight excluding hydrogens is 471 g/mol. The number of benzene rings is 3. The summed E-state index contributed by atoms with van der Waals surface area (Å²) in [5.74, 6) is 5.79. The first kappa shape index (κ1) is 23.8. The number of thioether (sulfide) groups is 1. The number of carbonyl (C=O) groups is 2. The standard InChI is InChI=1S/C24H21FN6O3S/c1-34-18-12-10-17(11-13-18)28-23(33)15-6-8-16(9-7-15)27-21(32)14-35-24-30-29-22(31(24)26)19-4-2-3-5-20(19)25/h2-13H,14,26H2,1H3,(H,27,32)(H,28,33). The Kier molecular flexibility index (Phi) is 7.27. The van der Waals surface area contributed by atoms with Gasteiger partial charge in [-0.2, -0.15) is 0 Å². The lowest BCUT2D eigenvalue weighted by atomic mass is 10.2. The van der Waals surface area contributed by atoms with E-state index in [9.17, 15) is 14.0 Å². The highest BCUT2D eigenvalue weighted by atomic mass is 32.2. The number of rotatable bonds is 8. The van der Waals surface area contributed by atoms with Crippen LogP contribution >= 0.6 is 11.8 Å². The second kappa shape index (κ2) is 10.7. The van der Waals surface area contributed by atoms with Crippen LogP contribution in [0.5, 0.6) is 5.75 Å². The molecule has 4 N–H and O–H groups in total. The molecule has 0 aliphatic carbocycles. The first-order valence-electron chi connectivity index (χ1n) is 10.4. The third kappa shape index (κ3) is 5.76. The van der Waals surface area contributed by atoms with E-state index in [1.165, 1.54) is 6.07 Å². The average Bonchev–Trinajstić information content (AvgIpc) is 3.24. The van der Waals surface area contributed by atoms with E-state index >= 15 is 0 Å². The third-order valence-corrected chi connectivity index (χ3v) is 5.83. The maximum Gasteiger partial charge on any atom is 0.255 e. The summed E-state index contributed by atoms with van der Waals surface area (Å²) in [4.78, 5) is 24.8. The molecule has 35 heavy (non-hydrogen) atoms. The molecule has 0 aliphatic heterocycles. The monoisotopic (exact) mass is 492 g/mol. The third-order valence-electron chi connectivity index (χ3n) is 4.89. The molecule has 2 amide bonds. The number of nitrogens with one attached hydrogen (secondary N) is 2. The predicted molar refractivity (Wildman–Crippen MR) is 132 cm³/mol. The largest absolute Gasteiger partial charge is 0.497 e. The van der Waals surface area contributed by atoms with Gasteiger partial charge < -0.3 is 21.2 Å². The van der Waals surface area contributed by atoms with Gasteiger partial charge in [-0.3, -0.25) is 9.59 Å². The predicted octanol–water partition coefficient (Wildman–Crippen LogP) is 3.79. The second-order valence-corrected chi connectivity index (χ2v) is 8.20. The Bertz CT molecular complexity index is 1340. The van der Waals surface area contributed by atoms with E-state index in [2.05, 4.69) is 20.8 Å². The van der Waals surface area contributed by atoms with Crippen molar-refractivity contribution in [2.24, 2.45) is 0 Å². The molecule has 178 valence electrons. The topological polar surface area (TPSA) is 124 Å². The van der Waals surface area contributed by atoms with Gasteiger partial charge >= 0.3 is 0 Å². The fourth-order valence-electron chi connectivity index (χ4n) is 3.11. The van der Waals surface area contributed by atoms with Crippen molar-refractivity contribution < 1.29 is 18.7 Å². The minimum absolute atomic E-state index is 0.00626.